The number of fused-ring (bicyclic) bond motifs is 2. The predicted octanol–water partition coefficient (Wildman–Crippen LogP) is 6.82. The number of halogens is 1. The fourth-order valence-corrected chi connectivity index (χ4v) is 6.00. The van der Waals surface area contributed by atoms with Gasteiger partial charge < -0.3 is 4.74 Å². The van der Waals surface area contributed by atoms with E-state index in [1.165, 1.54) is 50.5 Å². The maximum absolute atomic E-state index is 15.3. The first-order valence-electron chi connectivity index (χ1n) is 11.6. The summed E-state index contributed by atoms with van der Waals surface area (Å²) in [5.74, 6) is 2.88. The molecule has 4 rings (SSSR count). The lowest BCUT2D eigenvalue weighted by atomic mass is 9.65. The van der Waals surface area contributed by atoms with E-state index in [1.54, 1.807) is 0 Å². The second kappa shape index (κ2) is 8.64. The van der Waals surface area contributed by atoms with Crippen molar-refractivity contribution in [1.82, 2.24) is 0 Å². The summed E-state index contributed by atoms with van der Waals surface area (Å²) in [6, 6.07) is 4.38. The summed E-state index contributed by atoms with van der Waals surface area (Å²) in [5, 5.41) is 0. The van der Waals surface area contributed by atoms with Crippen LogP contribution in [0.3, 0.4) is 0 Å². The van der Waals surface area contributed by atoms with Crippen LogP contribution in [-0.2, 0) is 17.6 Å². The first kappa shape index (κ1) is 19.4. The predicted molar refractivity (Wildman–Crippen MR) is 110 cm³/mol. The number of ether oxygens (including phenoxy) is 1. The van der Waals surface area contributed by atoms with Crippen LogP contribution in [0.4, 0.5) is 4.39 Å². The van der Waals surface area contributed by atoms with E-state index in [1.807, 2.05) is 0 Å². The van der Waals surface area contributed by atoms with Crippen molar-refractivity contribution in [2.45, 2.75) is 96.5 Å². The molecule has 1 aromatic carbocycles. The summed E-state index contributed by atoms with van der Waals surface area (Å²) in [6.07, 6.45) is 13.4. The minimum absolute atomic E-state index is 0.152. The van der Waals surface area contributed by atoms with E-state index in [4.69, 9.17) is 4.74 Å². The summed E-state index contributed by atoms with van der Waals surface area (Å²) in [7, 11) is 0. The SMILES string of the molecule is CCCCOC1CCC2CC(c3ccc4c(c3F)CCC(C)C4)CCC2C1. The molecule has 5 atom stereocenters. The van der Waals surface area contributed by atoms with Gasteiger partial charge in [0.25, 0.3) is 0 Å². The Kier molecular flexibility index (Phi) is 6.21. The fraction of sp³-hybridized carbons (Fsp3) is 0.760. The lowest BCUT2D eigenvalue weighted by molar-refractivity contribution is -0.0161. The van der Waals surface area contributed by atoms with Crippen LogP contribution in [0.15, 0.2) is 12.1 Å². The Bertz CT molecular complexity index is 639. The second-order valence-electron chi connectivity index (χ2n) is 9.64. The molecule has 2 heteroatoms. The van der Waals surface area contributed by atoms with Gasteiger partial charge in [0, 0.05) is 6.61 Å². The van der Waals surface area contributed by atoms with E-state index in [0.717, 1.165) is 55.3 Å². The molecule has 3 aliphatic rings. The van der Waals surface area contributed by atoms with Crippen LogP contribution in [0.5, 0.6) is 0 Å². The van der Waals surface area contributed by atoms with Gasteiger partial charge in [0.2, 0.25) is 0 Å². The molecule has 3 aliphatic carbocycles. The number of benzene rings is 1. The van der Waals surface area contributed by atoms with Gasteiger partial charge in [-0.1, -0.05) is 32.4 Å². The smallest absolute Gasteiger partial charge is 0.130 e. The van der Waals surface area contributed by atoms with Crippen LogP contribution in [-0.4, -0.2) is 12.7 Å². The molecule has 0 aromatic heterocycles. The van der Waals surface area contributed by atoms with Crippen LogP contribution in [0.1, 0.15) is 94.2 Å². The number of hydrogen-bond donors (Lipinski definition) is 0. The Morgan fingerprint density at radius 2 is 1.85 bits per heavy atom. The van der Waals surface area contributed by atoms with Crippen LogP contribution < -0.4 is 0 Å². The van der Waals surface area contributed by atoms with Crippen molar-refractivity contribution in [2.24, 2.45) is 17.8 Å². The Hall–Kier alpha value is -0.890. The van der Waals surface area contributed by atoms with Crippen molar-refractivity contribution in [3.05, 3.63) is 34.6 Å². The summed E-state index contributed by atoms with van der Waals surface area (Å²) < 4.78 is 21.4. The molecule has 1 nitrogen and oxygen atoms in total. The highest BCUT2D eigenvalue weighted by molar-refractivity contribution is 5.38. The molecule has 0 spiro atoms. The Balaban J connectivity index is 1.39. The third kappa shape index (κ3) is 4.26. The van der Waals surface area contributed by atoms with Crippen LogP contribution >= 0.6 is 0 Å². The first-order valence-corrected chi connectivity index (χ1v) is 11.6. The Labute approximate surface area is 165 Å². The maximum atomic E-state index is 15.3. The van der Waals surface area contributed by atoms with Gasteiger partial charge in [0.05, 0.1) is 6.10 Å². The van der Waals surface area contributed by atoms with Crippen LogP contribution in [0, 0.1) is 23.6 Å². The van der Waals surface area contributed by atoms with E-state index in [0.29, 0.717) is 17.9 Å². The van der Waals surface area contributed by atoms with Crippen LogP contribution in [0.25, 0.3) is 0 Å². The topological polar surface area (TPSA) is 9.23 Å². The molecule has 0 saturated heterocycles. The average Bonchev–Trinajstić information content (AvgIpc) is 2.68. The molecule has 2 fully saturated rings. The second-order valence-corrected chi connectivity index (χ2v) is 9.64. The van der Waals surface area contributed by atoms with Gasteiger partial charge in [0.15, 0.2) is 0 Å². The van der Waals surface area contributed by atoms with Gasteiger partial charge in [-0.25, -0.2) is 4.39 Å². The average molecular weight is 373 g/mol. The molecule has 1 aromatic rings. The summed E-state index contributed by atoms with van der Waals surface area (Å²) >= 11 is 0. The van der Waals surface area contributed by atoms with Crippen molar-refractivity contribution in [3.63, 3.8) is 0 Å². The molecule has 150 valence electrons. The highest BCUT2D eigenvalue weighted by Crippen LogP contribution is 2.47. The van der Waals surface area contributed by atoms with Crippen molar-refractivity contribution in [2.75, 3.05) is 6.61 Å². The minimum atomic E-state index is 0.152. The molecule has 0 bridgehead atoms. The van der Waals surface area contributed by atoms with Gasteiger partial charge in [-0.2, -0.15) is 0 Å². The number of unbranched alkanes of at least 4 members (excludes halogenated alkanes) is 1. The standard InChI is InChI=1S/C25H37FO/c1-3-4-13-27-22-10-8-18-15-21(7-6-19(18)16-22)24-12-9-20-14-17(2)5-11-23(20)25(24)26/h9,12,17-19,21-22H,3-8,10-11,13-16H2,1-2H3. The first-order chi connectivity index (χ1) is 13.2. The van der Waals surface area contributed by atoms with Gasteiger partial charge in [0.1, 0.15) is 5.82 Å². The van der Waals surface area contributed by atoms with E-state index in [9.17, 15) is 0 Å². The van der Waals surface area contributed by atoms with Crippen LogP contribution in [0.2, 0.25) is 0 Å². The molecule has 5 unspecified atom stereocenters. The Morgan fingerprint density at radius 1 is 1.04 bits per heavy atom. The highest BCUT2D eigenvalue weighted by atomic mass is 19.1. The van der Waals surface area contributed by atoms with Gasteiger partial charge in [-0.3, -0.25) is 0 Å². The van der Waals surface area contributed by atoms with Crippen molar-refractivity contribution in [1.29, 1.82) is 0 Å². The third-order valence-electron chi connectivity index (χ3n) is 7.68. The fourth-order valence-electron chi connectivity index (χ4n) is 6.00. The molecule has 0 N–H and O–H groups in total. The lowest BCUT2D eigenvalue weighted by Crippen LogP contribution is -2.34. The third-order valence-corrected chi connectivity index (χ3v) is 7.68. The van der Waals surface area contributed by atoms with Crippen molar-refractivity contribution < 1.29 is 9.13 Å². The molecular formula is C25H37FO. The quantitative estimate of drug-likeness (QED) is 0.515. The van der Waals surface area contributed by atoms with E-state index in [-0.39, 0.29) is 5.82 Å². The van der Waals surface area contributed by atoms with Gasteiger partial charge in [-0.15, -0.1) is 0 Å². The molecular weight excluding hydrogens is 335 g/mol. The lowest BCUT2D eigenvalue weighted by Gasteiger charge is -2.42. The zero-order chi connectivity index (χ0) is 18.8. The summed E-state index contributed by atoms with van der Waals surface area (Å²) in [4.78, 5) is 0. The van der Waals surface area contributed by atoms with E-state index < -0.39 is 0 Å². The number of hydrogen-bond acceptors (Lipinski definition) is 1. The zero-order valence-electron chi connectivity index (χ0n) is 17.3. The van der Waals surface area contributed by atoms with E-state index in [2.05, 4.69) is 26.0 Å². The molecule has 0 amide bonds. The van der Waals surface area contributed by atoms with Gasteiger partial charge in [-0.05, 0) is 105 Å². The highest BCUT2D eigenvalue weighted by Gasteiger charge is 2.37. The molecule has 27 heavy (non-hydrogen) atoms. The monoisotopic (exact) mass is 372 g/mol. The van der Waals surface area contributed by atoms with Gasteiger partial charge >= 0.3 is 0 Å². The molecule has 0 heterocycles. The summed E-state index contributed by atoms with van der Waals surface area (Å²) in [5.41, 5.74) is 3.34. The van der Waals surface area contributed by atoms with Crippen molar-refractivity contribution >= 4 is 0 Å². The van der Waals surface area contributed by atoms with E-state index >= 15 is 4.39 Å². The van der Waals surface area contributed by atoms with Crippen molar-refractivity contribution in [3.8, 4) is 0 Å². The maximum Gasteiger partial charge on any atom is 0.130 e. The minimum Gasteiger partial charge on any atom is -0.378 e. The molecule has 0 radical (unpaired) electrons. The normalized spacial score (nSPS) is 33.4. The Morgan fingerprint density at radius 3 is 2.70 bits per heavy atom. The largest absolute Gasteiger partial charge is 0.378 e. The zero-order valence-corrected chi connectivity index (χ0v) is 17.3. The molecule has 2 saturated carbocycles. The number of rotatable bonds is 5. The summed E-state index contributed by atoms with van der Waals surface area (Å²) in [6.45, 7) is 5.44. The molecule has 0 aliphatic heterocycles.